The van der Waals surface area contributed by atoms with E-state index in [1.165, 1.54) is 12.1 Å². The monoisotopic (exact) mass is 330 g/mol. The van der Waals surface area contributed by atoms with Crippen molar-refractivity contribution in [1.82, 2.24) is 10.6 Å². The molecule has 2 aromatic carbocycles. The van der Waals surface area contributed by atoms with Crippen LogP contribution < -0.4 is 20.1 Å². The summed E-state index contributed by atoms with van der Waals surface area (Å²) in [7, 11) is 1.63. The zero-order valence-electron chi connectivity index (χ0n) is 13.8. The second-order valence-corrected chi connectivity index (χ2v) is 5.26. The predicted molar refractivity (Wildman–Crippen MR) is 91.4 cm³/mol. The number of nitrogens with one attached hydrogen (secondary N) is 2. The van der Waals surface area contributed by atoms with Crippen LogP contribution in [0.3, 0.4) is 0 Å². The van der Waals surface area contributed by atoms with Gasteiger partial charge >= 0.3 is 6.03 Å². The second kappa shape index (κ2) is 8.67. The molecule has 0 spiro atoms. The van der Waals surface area contributed by atoms with Crippen molar-refractivity contribution in [3.8, 4) is 17.2 Å². The molecule has 24 heavy (non-hydrogen) atoms. The zero-order valence-corrected chi connectivity index (χ0v) is 13.8. The lowest BCUT2D eigenvalue weighted by molar-refractivity contribution is 0.177. The molecule has 1 unspecified atom stereocenters. The zero-order chi connectivity index (χ0) is 17.4. The third kappa shape index (κ3) is 5.72. The molecule has 0 aliphatic carbocycles. The highest BCUT2D eigenvalue weighted by atomic mass is 16.5. The smallest absolute Gasteiger partial charge is 0.317 e. The Morgan fingerprint density at radius 2 is 1.92 bits per heavy atom. The van der Waals surface area contributed by atoms with Crippen molar-refractivity contribution < 1.29 is 19.4 Å². The predicted octanol–water partition coefficient (Wildman–Crippen LogP) is 2.67. The second-order valence-electron chi connectivity index (χ2n) is 5.26. The number of methoxy groups -OCH3 is 1. The van der Waals surface area contributed by atoms with Gasteiger partial charge in [0.1, 0.15) is 17.2 Å². The summed E-state index contributed by atoms with van der Waals surface area (Å²) >= 11 is 0. The molecule has 1 atom stereocenters. The quantitative estimate of drug-likeness (QED) is 0.682. The first-order valence-corrected chi connectivity index (χ1v) is 7.70. The Labute approximate surface area is 141 Å². The van der Waals surface area contributed by atoms with E-state index in [0.717, 1.165) is 11.3 Å². The normalized spacial score (nSPS) is 11.4. The van der Waals surface area contributed by atoms with Crippen LogP contribution in [0.1, 0.15) is 12.5 Å². The molecular weight excluding hydrogens is 308 g/mol. The fraction of sp³-hybridized carbons (Fsp3) is 0.278. The first kappa shape index (κ1) is 17.5. The van der Waals surface area contributed by atoms with Gasteiger partial charge in [0, 0.05) is 6.54 Å². The fourth-order valence-corrected chi connectivity index (χ4v) is 2.14. The fourth-order valence-electron chi connectivity index (χ4n) is 2.14. The topological polar surface area (TPSA) is 79.8 Å². The number of amides is 2. The van der Waals surface area contributed by atoms with E-state index in [9.17, 15) is 9.90 Å². The SMILES string of the molecule is COc1cccc(CCNC(=O)NC(C)Oc2ccc(O)cc2)c1. The first-order valence-electron chi connectivity index (χ1n) is 7.70. The van der Waals surface area contributed by atoms with Crippen LogP contribution >= 0.6 is 0 Å². The van der Waals surface area contributed by atoms with Crippen LogP contribution in [0.5, 0.6) is 17.2 Å². The Morgan fingerprint density at radius 3 is 2.62 bits per heavy atom. The number of aromatic hydroxyl groups is 1. The van der Waals surface area contributed by atoms with E-state index in [-0.39, 0.29) is 11.8 Å². The minimum atomic E-state index is -0.494. The minimum absolute atomic E-state index is 0.165. The molecule has 0 saturated carbocycles. The summed E-state index contributed by atoms with van der Waals surface area (Å²) in [4.78, 5) is 11.8. The van der Waals surface area contributed by atoms with Crippen LogP contribution in [0.25, 0.3) is 0 Å². The molecule has 6 heteroatoms. The van der Waals surface area contributed by atoms with Crippen molar-refractivity contribution >= 4 is 6.03 Å². The van der Waals surface area contributed by atoms with E-state index in [0.29, 0.717) is 18.7 Å². The molecule has 0 heterocycles. The van der Waals surface area contributed by atoms with Gasteiger partial charge in [0.25, 0.3) is 0 Å². The van der Waals surface area contributed by atoms with Gasteiger partial charge in [-0.2, -0.15) is 0 Å². The molecule has 0 aromatic heterocycles. The van der Waals surface area contributed by atoms with Gasteiger partial charge in [0.2, 0.25) is 0 Å². The molecule has 2 amide bonds. The first-order chi connectivity index (χ1) is 11.6. The number of benzene rings is 2. The van der Waals surface area contributed by atoms with Gasteiger partial charge in [-0.15, -0.1) is 0 Å². The van der Waals surface area contributed by atoms with Gasteiger partial charge in [-0.05, 0) is 55.3 Å². The van der Waals surface area contributed by atoms with Crippen LogP contribution in [-0.2, 0) is 6.42 Å². The maximum absolute atomic E-state index is 11.8. The maximum atomic E-state index is 11.8. The van der Waals surface area contributed by atoms with Crippen molar-refractivity contribution in [3.63, 3.8) is 0 Å². The Hall–Kier alpha value is -2.89. The summed E-state index contributed by atoms with van der Waals surface area (Å²) in [6.07, 6.45) is 0.212. The number of rotatable bonds is 7. The lowest BCUT2D eigenvalue weighted by Gasteiger charge is -2.16. The highest BCUT2D eigenvalue weighted by Crippen LogP contribution is 2.16. The summed E-state index contributed by atoms with van der Waals surface area (Å²) in [6, 6.07) is 13.7. The molecule has 6 nitrogen and oxygen atoms in total. The number of phenols is 1. The molecule has 0 aliphatic rings. The average molecular weight is 330 g/mol. The van der Waals surface area contributed by atoms with Crippen molar-refractivity contribution in [2.45, 2.75) is 19.6 Å². The third-order valence-electron chi connectivity index (χ3n) is 3.32. The Balaban J connectivity index is 1.71. The third-order valence-corrected chi connectivity index (χ3v) is 3.32. The molecule has 0 aliphatic heterocycles. The van der Waals surface area contributed by atoms with E-state index in [1.807, 2.05) is 24.3 Å². The molecule has 2 rings (SSSR count). The Morgan fingerprint density at radius 1 is 1.17 bits per heavy atom. The van der Waals surface area contributed by atoms with Gasteiger partial charge in [0.15, 0.2) is 6.23 Å². The van der Waals surface area contributed by atoms with Crippen LogP contribution in [0.4, 0.5) is 4.79 Å². The summed E-state index contributed by atoms with van der Waals surface area (Å²) in [6.45, 7) is 2.24. The number of hydrogen-bond acceptors (Lipinski definition) is 4. The number of carbonyl (C=O) groups is 1. The maximum Gasteiger partial charge on any atom is 0.317 e. The van der Waals surface area contributed by atoms with Crippen molar-refractivity contribution in [1.29, 1.82) is 0 Å². The molecule has 3 N–H and O–H groups in total. The number of urea groups is 1. The molecule has 0 fully saturated rings. The minimum Gasteiger partial charge on any atom is -0.508 e. The highest BCUT2D eigenvalue weighted by Gasteiger charge is 2.08. The number of hydrogen-bond donors (Lipinski definition) is 3. The van der Waals surface area contributed by atoms with E-state index >= 15 is 0 Å². The highest BCUT2D eigenvalue weighted by molar-refractivity contribution is 5.74. The van der Waals surface area contributed by atoms with Crippen LogP contribution in [-0.4, -0.2) is 31.0 Å². The number of phenolic OH excluding ortho intramolecular Hbond substituents is 1. The number of carbonyl (C=O) groups excluding carboxylic acids is 1. The number of ether oxygens (including phenoxy) is 2. The van der Waals surface area contributed by atoms with Gasteiger partial charge < -0.3 is 25.2 Å². The largest absolute Gasteiger partial charge is 0.508 e. The van der Waals surface area contributed by atoms with Crippen LogP contribution in [0.15, 0.2) is 48.5 Å². The van der Waals surface area contributed by atoms with Gasteiger partial charge in [-0.3, -0.25) is 0 Å². The van der Waals surface area contributed by atoms with Crippen molar-refractivity contribution in [2.75, 3.05) is 13.7 Å². The van der Waals surface area contributed by atoms with E-state index in [4.69, 9.17) is 9.47 Å². The summed E-state index contributed by atoms with van der Waals surface area (Å²) in [5, 5.41) is 14.7. The standard InChI is InChI=1S/C18H22N2O4/c1-13(24-16-8-6-15(21)7-9-16)20-18(22)19-11-10-14-4-3-5-17(12-14)23-2/h3-9,12-13,21H,10-11H2,1-2H3,(H2,19,20,22). The molecule has 0 saturated heterocycles. The summed E-state index contributed by atoms with van der Waals surface area (Å²) < 4.78 is 10.7. The Kier molecular flexibility index (Phi) is 6.31. The van der Waals surface area contributed by atoms with E-state index in [1.54, 1.807) is 26.2 Å². The van der Waals surface area contributed by atoms with Gasteiger partial charge in [-0.25, -0.2) is 4.79 Å². The summed E-state index contributed by atoms with van der Waals surface area (Å²) in [5.74, 6) is 1.53. The van der Waals surface area contributed by atoms with E-state index < -0.39 is 6.23 Å². The van der Waals surface area contributed by atoms with Gasteiger partial charge in [-0.1, -0.05) is 12.1 Å². The Bertz CT molecular complexity index is 658. The molecule has 0 bridgehead atoms. The van der Waals surface area contributed by atoms with E-state index in [2.05, 4.69) is 10.6 Å². The van der Waals surface area contributed by atoms with Crippen LogP contribution in [0.2, 0.25) is 0 Å². The van der Waals surface area contributed by atoms with Crippen molar-refractivity contribution in [2.24, 2.45) is 0 Å². The van der Waals surface area contributed by atoms with Crippen LogP contribution in [0, 0.1) is 0 Å². The molecule has 2 aromatic rings. The van der Waals surface area contributed by atoms with Crippen molar-refractivity contribution in [3.05, 3.63) is 54.1 Å². The molecule has 128 valence electrons. The lowest BCUT2D eigenvalue weighted by atomic mass is 10.1. The van der Waals surface area contributed by atoms with Gasteiger partial charge in [0.05, 0.1) is 7.11 Å². The lowest BCUT2D eigenvalue weighted by Crippen LogP contribution is -2.43. The average Bonchev–Trinajstić information content (AvgIpc) is 2.57. The molecular formula is C18H22N2O4. The summed E-state index contributed by atoms with van der Waals surface area (Å²) in [5.41, 5.74) is 1.09. The molecule has 0 radical (unpaired) electrons.